The van der Waals surface area contributed by atoms with E-state index in [-0.39, 0.29) is 25.2 Å². The van der Waals surface area contributed by atoms with E-state index < -0.39 is 33.1 Å². The molecule has 2 aromatic rings. The van der Waals surface area contributed by atoms with E-state index in [4.69, 9.17) is 9.47 Å². The topological polar surface area (TPSA) is 108 Å². The van der Waals surface area contributed by atoms with Crippen LogP contribution in [0.1, 0.15) is 49.4 Å². The van der Waals surface area contributed by atoms with Gasteiger partial charge in [0.1, 0.15) is 24.7 Å². The molecule has 0 amide bonds. The summed E-state index contributed by atoms with van der Waals surface area (Å²) in [5, 5.41) is 4.03. The Bertz CT molecular complexity index is 1220. The molecular formula is C24H26F3NO7S. The maximum atomic E-state index is 13.3. The van der Waals surface area contributed by atoms with Crippen molar-refractivity contribution in [1.82, 2.24) is 0 Å². The third-order valence-corrected chi connectivity index (χ3v) is 5.78. The average Bonchev–Trinajstić information content (AvgIpc) is 2.84. The fourth-order valence-electron chi connectivity index (χ4n) is 3.16. The summed E-state index contributed by atoms with van der Waals surface area (Å²) in [7, 11) is -6.02. The monoisotopic (exact) mass is 529 g/mol. The Labute approximate surface area is 206 Å². The lowest BCUT2D eigenvalue weighted by Gasteiger charge is -2.13. The lowest BCUT2D eigenvalue weighted by molar-refractivity contribution is -0.138. The van der Waals surface area contributed by atoms with Crippen LogP contribution in [0.2, 0.25) is 0 Å². The first-order valence-electron chi connectivity index (χ1n) is 11.1. The fourth-order valence-corrected chi connectivity index (χ4v) is 3.43. The zero-order valence-corrected chi connectivity index (χ0v) is 20.4. The Hall–Kier alpha value is -3.41. The molecule has 8 nitrogen and oxygen atoms in total. The van der Waals surface area contributed by atoms with Crippen LogP contribution in [0.4, 0.5) is 13.2 Å². The van der Waals surface area contributed by atoms with E-state index in [0.29, 0.717) is 29.4 Å². The molecule has 12 heteroatoms. The summed E-state index contributed by atoms with van der Waals surface area (Å²) in [6.07, 6.45) is 3.70. The molecule has 0 saturated heterocycles. The second-order valence-corrected chi connectivity index (χ2v) is 9.05. The van der Waals surface area contributed by atoms with Crippen molar-refractivity contribution in [2.24, 2.45) is 5.16 Å². The Morgan fingerprint density at radius 3 is 2.36 bits per heavy atom. The van der Waals surface area contributed by atoms with Gasteiger partial charge in [-0.1, -0.05) is 62.2 Å². The Morgan fingerprint density at radius 2 is 1.72 bits per heavy atom. The zero-order chi connectivity index (χ0) is 26.8. The van der Waals surface area contributed by atoms with E-state index in [1.165, 1.54) is 12.1 Å². The Balaban J connectivity index is 2.36. The highest BCUT2D eigenvalue weighted by atomic mass is 32.2. The van der Waals surface area contributed by atoms with Crippen molar-refractivity contribution in [3.05, 3.63) is 54.6 Å². The maximum Gasteiger partial charge on any atom is 0.536 e. The second-order valence-electron chi connectivity index (χ2n) is 7.53. The molecule has 0 atom stereocenters. The molecule has 0 spiro atoms. The number of halogens is 3. The van der Waals surface area contributed by atoms with Gasteiger partial charge in [-0.3, -0.25) is 9.08 Å². The van der Waals surface area contributed by atoms with Crippen LogP contribution in [0.25, 0.3) is 10.8 Å². The fraction of sp³-hybridized carbons (Fsp3) is 0.375. The normalized spacial score (nSPS) is 12.3. The molecule has 0 aliphatic heterocycles. The minimum atomic E-state index is -6.02. The van der Waals surface area contributed by atoms with Crippen LogP contribution < -0.4 is 4.74 Å². The number of hydrogen-bond donors (Lipinski definition) is 0. The molecule has 0 bridgehead atoms. The summed E-state index contributed by atoms with van der Waals surface area (Å²) in [5.41, 5.74) is -6.05. The predicted molar refractivity (Wildman–Crippen MR) is 127 cm³/mol. The van der Waals surface area contributed by atoms with Gasteiger partial charge in [-0.05, 0) is 30.4 Å². The largest absolute Gasteiger partial charge is 0.536 e. The van der Waals surface area contributed by atoms with Gasteiger partial charge in [-0.2, -0.15) is 21.6 Å². The molecule has 0 aromatic heterocycles. The molecule has 0 unspecified atom stereocenters. The number of carbonyl (C=O) groups excluding carboxylic acids is 2. The first-order chi connectivity index (χ1) is 17.0. The standard InChI is InChI=1S/C24H26F3NO7S/c1-3-5-6-7-12-20(28-35-36(31,32)24(25,26)27)23(30)19-13-14-21(18-11-9-8-10-17(18)19)33-15-16-34-22(29)4-2/h4,8-11,13-14H,2-3,5-7,12,15-16H2,1H3/b28-20+. The van der Waals surface area contributed by atoms with Crippen LogP contribution in [0.5, 0.6) is 5.75 Å². The molecule has 0 heterocycles. The highest BCUT2D eigenvalue weighted by Gasteiger charge is 2.49. The van der Waals surface area contributed by atoms with Crippen molar-refractivity contribution in [1.29, 1.82) is 0 Å². The number of ether oxygens (including phenoxy) is 2. The van der Waals surface area contributed by atoms with E-state index in [1.54, 1.807) is 24.3 Å². The summed E-state index contributed by atoms with van der Waals surface area (Å²) < 4.78 is 75.0. The number of carbonyl (C=O) groups is 2. The van der Waals surface area contributed by atoms with Gasteiger partial charge in [0.15, 0.2) is 0 Å². The van der Waals surface area contributed by atoms with Gasteiger partial charge in [0.05, 0.1) is 0 Å². The van der Waals surface area contributed by atoms with Crippen LogP contribution in [-0.4, -0.2) is 44.6 Å². The van der Waals surface area contributed by atoms with Crippen molar-refractivity contribution in [3.8, 4) is 5.75 Å². The quantitative estimate of drug-likeness (QED) is 0.0620. The highest BCUT2D eigenvalue weighted by molar-refractivity contribution is 7.87. The minimum absolute atomic E-state index is 0.0180. The number of benzene rings is 2. The first-order valence-corrected chi connectivity index (χ1v) is 12.5. The van der Waals surface area contributed by atoms with Gasteiger partial charge in [0, 0.05) is 17.0 Å². The van der Waals surface area contributed by atoms with Crippen molar-refractivity contribution in [2.45, 2.75) is 44.5 Å². The van der Waals surface area contributed by atoms with Crippen LogP contribution in [-0.2, 0) is 23.9 Å². The van der Waals surface area contributed by atoms with Crippen LogP contribution in [0.15, 0.2) is 54.2 Å². The van der Waals surface area contributed by atoms with E-state index >= 15 is 0 Å². The van der Waals surface area contributed by atoms with Gasteiger partial charge >= 0.3 is 21.6 Å². The number of unbranched alkanes of at least 4 members (excludes halogenated alkanes) is 3. The number of alkyl halides is 3. The smallest absolute Gasteiger partial charge is 0.489 e. The number of rotatable bonds is 14. The first kappa shape index (κ1) is 28.8. The molecule has 2 rings (SSSR count). The molecule has 0 saturated carbocycles. The van der Waals surface area contributed by atoms with Crippen LogP contribution >= 0.6 is 0 Å². The van der Waals surface area contributed by atoms with Crippen molar-refractivity contribution >= 4 is 38.4 Å². The number of fused-ring (bicyclic) bond motifs is 1. The third-order valence-electron chi connectivity index (χ3n) is 4.94. The predicted octanol–water partition coefficient (Wildman–Crippen LogP) is 5.32. The highest BCUT2D eigenvalue weighted by Crippen LogP contribution is 2.30. The van der Waals surface area contributed by atoms with E-state index in [0.717, 1.165) is 18.9 Å². The zero-order valence-electron chi connectivity index (χ0n) is 19.5. The molecule has 2 aromatic carbocycles. The SMILES string of the molecule is C=CC(=O)OCCOc1ccc(C(=O)/C(CCCCCC)=N/OS(=O)(=O)C(F)(F)F)c2ccccc12. The van der Waals surface area contributed by atoms with Gasteiger partial charge in [-0.15, -0.1) is 0 Å². The second kappa shape index (κ2) is 13.1. The number of ketones is 1. The molecule has 0 aliphatic carbocycles. The van der Waals surface area contributed by atoms with Gasteiger partial charge in [-0.25, -0.2) is 4.79 Å². The van der Waals surface area contributed by atoms with Gasteiger partial charge in [0.25, 0.3) is 0 Å². The number of Topliss-reactive ketones (excluding diaryl/α,β-unsaturated/α-hetero) is 1. The van der Waals surface area contributed by atoms with Crippen molar-refractivity contribution in [2.75, 3.05) is 13.2 Å². The average molecular weight is 530 g/mol. The summed E-state index contributed by atoms with van der Waals surface area (Å²) in [6.45, 7) is 5.22. The molecule has 0 radical (unpaired) electrons. The molecule has 36 heavy (non-hydrogen) atoms. The lowest BCUT2D eigenvalue weighted by atomic mass is 9.96. The molecular weight excluding hydrogens is 503 g/mol. The van der Waals surface area contributed by atoms with Crippen molar-refractivity contribution in [3.63, 3.8) is 0 Å². The van der Waals surface area contributed by atoms with Crippen LogP contribution in [0.3, 0.4) is 0 Å². The summed E-state index contributed by atoms with van der Waals surface area (Å²) in [6, 6.07) is 9.49. The van der Waals surface area contributed by atoms with Crippen LogP contribution in [0, 0.1) is 0 Å². The maximum absolute atomic E-state index is 13.3. The number of nitrogens with zero attached hydrogens (tertiary/aromatic N) is 1. The number of hydrogen-bond acceptors (Lipinski definition) is 8. The Morgan fingerprint density at radius 1 is 1.03 bits per heavy atom. The molecule has 0 N–H and O–H groups in total. The molecule has 0 fully saturated rings. The lowest BCUT2D eigenvalue weighted by Crippen LogP contribution is -2.25. The minimum Gasteiger partial charge on any atom is -0.489 e. The number of oxime groups is 1. The van der Waals surface area contributed by atoms with Gasteiger partial charge in [0.2, 0.25) is 5.78 Å². The summed E-state index contributed by atoms with van der Waals surface area (Å²) in [5.74, 6) is -1.01. The molecule has 196 valence electrons. The van der Waals surface area contributed by atoms with Crippen molar-refractivity contribution < 1.29 is 44.9 Å². The van der Waals surface area contributed by atoms with E-state index in [1.807, 2.05) is 6.92 Å². The number of esters is 1. The Kier molecular flexibility index (Phi) is 10.5. The molecule has 0 aliphatic rings. The summed E-state index contributed by atoms with van der Waals surface area (Å²) >= 11 is 0. The van der Waals surface area contributed by atoms with Gasteiger partial charge < -0.3 is 9.47 Å². The third kappa shape index (κ3) is 7.80. The van der Waals surface area contributed by atoms with E-state index in [9.17, 15) is 31.2 Å². The van der Waals surface area contributed by atoms with E-state index in [2.05, 4.69) is 16.0 Å². The summed E-state index contributed by atoms with van der Waals surface area (Å²) in [4.78, 5) is 24.4.